The molecule has 0 unspecified atom stereocenters. The summed E-state index contributed by atoms with van der Waals surface area (Å²) in [4.78, 5) is 27.2. The van der Waals surface area contributed by atoms with Gasteiger partial charge in [-0.3, -0.25) is 9.59 Å². The highest BCUT2D eigenvalue weighted by Gasteiger charge is 2.24. The minimum absolute atomic E-state index is 0.0990. The molecule has 1 aromatic carbocycles. The summed E-state index contributed by atoms with van der Waals surface area (Å²) in [5.41, 5.74) is 6.78. The lowest BCUT2D eigenvalue weighted by atomic mass is 10.2. The van der Waals surface area contributed by atoms with E-state index >= 15 is 0 Å². The maximum atomic E-state index is 12.3. The van der Waals surface area contributed by atoms with Crippen LogP contribution in [0.25, 0.3) is 0 Å². The Hall–Kier alpha value is -2.58. The molecule has 8 heteroatoms. The Bertz CT molecular complexity index is 800. The number of nitrogens with zero attached hydrogens (tertiary/aromatic N) is 1. The number of para-hydroxylation sites is 2. The minimum Gasteiger partial charge on any atom is -0.492 e. The van der Waals surface area contributed by atoms with Crippen LogP contribution in [-0.2, 0) is 4.79 Å². The molecule has 2 heterocycles. The first-order valence-electron chi connectivity index (χ1n) is 9.06. The van der Waals surface area contributed by atoms with Crippen molar-refractivity contribution in [2.24, 2.45) is 5.73 Å². The molecule has 27 heavy (non-hydrogen) atoms. The Labute approximate surface area is 162 Å². The molecule has 1 fully saturated rings. The number of benzene rings is 1. The minimum atomic E-state index is -0.527. The van der Waals surface area contributed by atoms with E-state index in [1.54, 1.807) is 11.4 Å². The van der Waals surface area contributed by atoms with Gasteiger partial charge in [-0.05, 0) is 30.5 Å². The first-order valence-corrected chi connectivity index (χ1v) is 9.94. The maximum absolute atomic E-state index is 12.3. The van der Waals surface area contributed by atoms with Gasteiger partial charge < -0.3 is 25.6 Å². The first kappa shape index (κ1) is 19.2. The van der Waals surface area contributed by atoms with E-state index in [1.165, 1.54) is 16.2 Å². The summed E-state index contributed by atoms with van der Waals surface area (Å²) >= 11 is 1.31. The summed E-state index contributed by atoms with van der Waals surface area (Å²) < 4.78 is 5.72. The number of thiophene rings is 1. The van der Waals surface area contributed by atoms with Gasteiger partial charge in [0.25, 0.3) is 11.8 Å². The molecule has 0 saturated carbocycles. The van der Waals surface area contributed by atoms with Crippen molar-refractivity contribution in [1.29, 1.82) is 0 Å². The molecule has 1 aromatic heterocycles. The third-order valence-corrected chi connectivity index (χ3v) is 5.40. The number of anilines is 2. The van der Waals surface area contributed by atoms with Gasteiger partial charge in [0.1, 0.15) is 10.8 Å². The molecule has 1 aliphatic heterocycles. The molecule has 4 N–H and O–H groups in total. The number of nitrogens with one attached hydrogen (secondary N) is 2. The van der Waals surface area contributed by atoms with Gasteiger partial charge in [0.05, 0.1) is 44.0 Å². The quantitative estimate of drug-likeness (QED) is 0.647. The monoisotopic (exact) mass is 389 g/mol. The topological polar surface area (TPSA) is 89.1 Å². The third kappa shape index (κ3) is 4.78. The lowest BCUT2D eigenvalue weighted by Crippen LogP contribution is -3.15. The van der Waals surface area contributed by atoms with Gasteiger partial charge in [-0.25, -0.2) is 0 Å². The SMILES string of the molecule is CCOc1ccccc1N1CC[NH+](CC(=O)Nc2sccc2C(N)=O)CC1. The third-order valence-electron chi connectivity index (χ3n) is 4.57. The van der Waals surface area contributed by atoms with E-state index in [0.717, 1.165) is 37.6 Å². The zero-order valence-electron chi connectivity index (χ0n) is 15.4. The Morgan fingerprint density at radius 3 is 2.70 bits per heavy atom. The number of carbonyl (C=O) groups is 2. The standard InChI is InChI=1S/C19H24N4O3S/c1-2-26-16-6-4-3-5-15(16)23-10-8-22(9-11-23)13-17(24)21-19-14(18(20)25)7-12-27-19/h3-7,12H,2,8-11,13H2,1H3,(H2,20,25)(H,21,24)/p+1. The fourth-order valence-corrected chi connectivity index (χ4v) is 4.04. The number of amides is 2. The van der Waals surface area contributed by atoms with Crippen molar-refractivity contribution in [3.05, 3.63) is 41.3 Å². The molecule has 2 aromatic rings. The van der Waals surface area contributed by atoms with E-state index in [1.807, 2.05) is 25.1 Å². The van der Waals surface area contributed by atoms with E-state index in [0.29, 0.717) is 23.7 Å². The van der Waals surface area contributed by atoms with Crippen molar-refractivity contribution in [3.63, 3.8) is 0 Å². The van der Waals surface area contributed by atoms with Crippen molar-refractivity contribution in [1.82, 2.24) is 0 Å². The van der Waals surface area contributed by atoms with Crippen molar-refractivity contribution < 1.29 is 19.2 Å². The number of nitrogens with two attached hydrogens (primary N) is 1. The van der Waals surface area contributed by atoms with Crippen molar-refractivity contribution in [2.45, 2.75) is 6.92 Å². The van der Waals surface area contributed by atoms with Crippen LogP contribution < -0.4 is 25.6 Å². The van der Waals surface area contributed by atoms with E-state index in [4.69, 9.17) is 10.5 Å². The van der Waals surface area contributed by atoms with Crippen molar-refractivity contribution in [3.8, 4) is 5.75 Å². The zero-order chi connectivity index (χ0) is 19.2. The number of ether oxygens (including phenoxy) is 1. The summed E-state index contributed by atoms with van der Waals surface area (Å²) in [5.74, 6) is 0.275. The van der Waals surface area contributed by atoms with Gasteiger partial charge in [-0.2, -0.15) is 0 Å². The number of rotatable bonds is 7. The summed E-state index contributed by atoms with van der Waals surface area (Å²) in [6.07, 6.45) is 0. The van der Waals surface area contributed by atoms with E-state index in [-0.39, 0.29) is 5.91 Å². The molecule has 0 bridgehead atoms. The number of piperazine rings is 1. The summed E-state index contributed by atoms with van der Waals surface area (Å²) in [6.45, 7) is 6.43. The summed E-state index contributed by atoms with van der Waals surface area (Å²) in [5, 5.41) is 5.08. The predicted molar refractivity (Wildman–Crippen MR) is 107 cm³/mol. The molecular formula is C19H25N4O3S+. The summed E-state index contributed by atoms with van der Waals surface area (Å²) in [7, 11) is 0. The largest absolute Gasteiger partial charge is 0.492 e. The number of hydrogen-bond donors (Lipinski definition) is 3. The predicted octanol–water partition coefficient (Wildman–Crippen LogP) is 0.589. The second-order valence-electron chi connectivity index (χ2n) is 6.39. The van der Waals surface area contributed by atoms with Gasteiger partial charge in [0, 0.05) is 0 Å². The molecule has 1 saturated heterocycles. The Balaban J connectivity index is 1.53. The average molecular weight is 390 g/mol. The van der Waals surface area contributed by atoms with Crippen molar-refractivity contribution >= 4 is 33.8 Å². The molecule has 0 spiro atoms. The fraction of sp³-hybridized carbons (Fsp3) is 0.368. The Morgan fingerprint density at radius 1 is 1.26 bits per heavy atom. The maximum Gasteiger partial charge on any atom is 0.280 e. The smallest absolute Gasteiger partial charge is 0.280 e. The van der Waals surface area contributed by atoms with Crippen molar-refractivity contribution in [2.75, 3.05) is 49.5 Å². The molecule has 144 valence electrons. The highest BCUT2D eigenvalue weighted by molar-refractivity contribution is 7.14. The van der Waals surface area contributed by atoms with Crippen LogP contribution in [0.4, 0.5) is 10.7 Å². The van der Waals surface area contributed by atoms with Crippen LogP contribution in [-0.4, -0.2) is 51.1 Å². The second-order valence-corrected chi connectivity index (χ2v) is 7.31. The van der Waals surface area contributed by atoms with Gasteiger partial charge >= 0.3 is 0 Å². The Morgan fingerprint density at radius 2 is 2.00 bits per heavy atom. The molecule has 1 aliphatic rings. The second kappa shape index (κ2) is 8.88. The molecular weight excluding hydrogens is 364 g/mol. The molecule has 0 atom stereocenters. The highest BCUT2D eigenvalue weighted by Crippen LogP contribution is 2.27. The lowest BCUT2D eigenvalue weighted by Gasteiger charge is -2.34. The van der Waals surface area contributed by atoms with Crippen LogP contribution in [0.3, 0.4) is 0 Å². The fourth-order valence-electron chi connectivity index (χ4n) is 3.23. The molecule has 2 amide bonds. The first-order chi connectivity index (χ1) is 13.1. The lowest BCUT2D eigenvalue weighted by molar-refractivity contribution is -0.892. The van der Waals surface area contributed by atoms with E-state index in [9.17, 15) is 9.59 Å². The van der Waals surface area contributed by atoms with E-state index < -0.39 is 5.91 Å². The molecule has 7 nitrogen and oxygen atoms in total. The number of primary amides is 1. The molecule has 3 rings (SSSR count). The van der Waals surface area contributed by atoms with Gasteiger partial charge in [0.15, 0.2) is 6.54 Å². The number of hydrogen-bond acceptors (Lipinski definition) is 5. The normalized spacial score (nSPS) is 14.8. The average Bonchev–Trinajstić information content (AvgIpc) is 3.11. The number of carbonyl (C=O) groups excluding carboxylic acids is 2. The van der Waals surface area contributed by atoms with Crippen LogP contribution in [0.2, 0.25) is 0 Å². The van der Waals surface area contributed by atoms with Crippen LogP contribution >= 0.6 is 11.3 Å². The van der Waals surface area contributed by atoms with Crippen LogP contribution in [0.15, 0.2) is 35.7 Å². The molecule has 0 radical (unpaired) electrons. The molecule has 0 aliphatic carbocycles. The van der Waals surface area contributed by atoms with Gasteiger partial charge in [-0.1, -0.05) is 12.1 Å². The van der Waals surface area contributed by atoms with Crippen LogP contribution in [0.5, 0.6) is 5.75 Å². The number of quaternary nitrogens is 1. The van der Waals surface area contributed by atoms with Gasteiger partial charge in [0.2, 0.25) is 0 Å². The van der Waals surface area contributed by atoms with Gasteiger partial charge in [-0.15, -0.1) is 11.3 Å². The Kier molecular flexibility index (Phi) is 6.31. The van der Waals surface area contributed by atoms with E-state index in [2.05, 4.69) is 16.3 Å². The zero-order valence-corrected chi connectivity index (χ0v) is 16.2. The summed E-state index contributed by atoms with van der Waals surface area (Å²) in [6, 6.07) is 9.69. The van der Waals surface area contributed by atoms with Crippen LogP contribution in [0.1, 0.15) is 17.3 Å². The van der Waals surface area contributed by atoms with Crippen LogP contribution in [0, 0.1) is 0 Å². The highest BCUT2D eigenvalue weighted by atomic mass is 32.1.